The van der Waals surface area contributed by atoms with Crippen molar-refractivity contribution in [3.63, 3.8) is 0 Å². The number of nitrogens with one attached hydrogen (secondary N) is 1. The molecule has 0 amide bonds. The minimum atomic E-state index is -0.863. The molecule has 0 saturated heterocycles. The van der Waals surface area contributed by atoms with E-state index in [-0.39, 0.29) is 16.3 Å². The lowest BCUT2D eigenvalue weighted by molar-refractivity contribution is 0.429. The van der Waals surface area contributed by atoms with E-state index in [1.807, 2.05) is 6.92 Å². The Hall–Kier alpha value is -1.39. The van der Waals surface area contributed by atoms with Gasteiger partial charge in [0.25, 0.3) is 0 Å². The Kier molecular flexibility index (Phi) is 4.22. The van der Waals surface area contributed by atoms with E-state index >= 15 is 0 Å². The first-order valence-corrected chi connectivity index (χ1v) is 6.35. The second kappa shape index (κ2) is 5.72. The molecule has 1 N–H and O–H groups in total. The molecule has 0 saturated carbocycles. The molecule has 0 aliphatic rings. The molecule has 102 valence electrons. The van der Waals surface area contributed by atoms with E-state index < -0.39 is 17.7 Å². The van der Waals surface area contributed by atoms with Gasteiger partial charge in [0, 0.05) is 5.56 Å². The van der Waals surface area contributed by atoms with Gasteiger partial charge in [-0.3, -0.25) is 0 Å². The summed E-state index contributed by atoms with van der Waals surface area (Å²) in [5.74, 6) is -1.24. The lowest BCUT2D eigenvalue weighted by Gasteiger charge is -2.17. The smallest absolute Gasteiger partial charge is 0.193 e. The molecule has 0 aliphatic heterocycles. The van der Waals surface area contributed by atoms with Crippen LogP contribution in [0.2, 0.25) is 5.22 Å². The molecule has 0 bridgehead atoms. The maximum Gasteiger partial charge on any atom is 0.193 e. The Balaban J connectivity index is 2.48. The Labute approximate surface area is 115 Å². The van der Waals surface area contributed by atoms with Crippen molar-refractivity contribution in [2.75, 3.05) is 6.54 Å². The van der Waals surface area contributed by atoms with Gasteiger partial charge in [-0.05, 0) is 42.8 Å². The van der Waals surface area contributed by atoms with Crippen LogP contribution < -0.4 is 5.32 Å². The molecule has 1 unspecified atom stereocenters. The summed E-state index contributed by atoms with van der Waals surface area (Å²) in [6.07, 6.45) is 0. The van der Waals surface area contributed by atoms with Crippen molar-refractivity contribution in [1.82, 2.24) is 5.32 Å². The zero-order valence-electron chi connectivity index (χ0n) is 10.6. The van der Waals surface area contributed by atoms with Crippen molar-refractivity contribution < 1.29 is 13.2 Å². The fourth-order valence-electron chi connectivity index (χ4n) is 1.94. The highest BCUT2D eigenvalue weighted by atomic mass is 35.5. The molecule has 0 radical (unpaired) electrons. The lowest BCUT2D eigenvalue weighted by Crippen LogP contribution is -2.23. The van der Waals surface area contributed by atoms with Gasteiger partial charge in [-0.15, -0.1) is 0 Å². The average Bonchev–Trinajstić information content (AvgIpc) is 2.81. The summed E-state index contributed by atoms with van der Waals surface area (Å²) in [5, 5.41) is 3.27. The molecule has 1 aromatic heterocycles. The van der Waals surface area contributed by atoms with Gasteiger partial charge in [0.05, 0.1) is 6.04 Å². The number of hydrogen-bond donors (Lipinski definition) is 1. The van der Waals surface area contributed by atoms with E-state index in [0.29, 0.717) is 12.3 Å². The summed E-state index contributed by atoms with van der Waals surface area (Å²) in [7, 11) is 0. The highest BCUT2D eigenvalue weighted by Gasteiger charge is 2.23. The van der Waals surface area contributed by atoms with E-state index in [4.69, 9.17) is 16.0 Å². The van der Waals surface area contributed by atoms with Gasteiger partial charge in [0.2, 0.25) is 0 Å². The third-order valence-electron chi connectivity index (χ3n) is 2.90. The summed E-state index contributed by atoms with van der Waals surface area (Å²) in [6, 6.07) is 5.75. The number of halogens is 3. The average molecular weight is 286 g/mol. The van der Waals surface area contributed by atoms with Crippen LogP contribution in [0.1, 0.15) is 29.9 Å². The number of hydrogen-bond acceptors (Lipinski definition) is 2. The summed E-state index contributed by atoms with van der Waals surface area (Å²) in [4.78, 5) is 0. The van der Waals surface area contributed by atoms with Crippen LogP contribution in [0.5, 0.6) is 0 Å². The molecule has 1 atom stereocenters. The molecule has 1 aromatic carbocycles. The van der Waals surface area contributed by atoms with Crippen molar-refractivity contribution >= 4 is 11.6 Å². The monoisotopic (exact) mass is 285 g/mol. The highest BCUT2D eigenvalue weighted by Crippen LogP contribution is 2.29. The van der Waals surface area contributed by atoms with Gasteiger partial charge in [-0.1, -0.05) is 19.1 Å². The maximum absolute atomic E-state index is 14.0. The van der Waals surface area contributed by atoms with E-state index in [9.17, 15) is 8.78 Å². The quantitative estimate of drug-likeness (QED) is 0.910. The Bertz CT molecular complexity index is 583. The van der Waals surface area contributed by atoms with Crippen LogP contribution in [0.4, 0.5) is 8.78 Å². The first-order valence-electron chi connectivity index (χ1n) is 5.97. The lowest BCUT2D eigenvalue weighted by atomic mass is 10.0. The predicted octanol–water partition coefficient (Wildman–Crippen LogP) is 4.22. The molecule has 0 aliphatic carbocycles. The SMILES string of the molecule is CCNC(c1ccc(Cl)o1)c1ccc(C)c(F)c1F. The van der Waals surface area contributed by atoms with Crippen LogP contribution >= 0.6 is 11.6 Å². The van der Waals surface area contributed by atoms with Gasteiger partial charge in [-0.2, -0.15) is 0 Å². The summed E-state index contributed by atoms with van der Waals surface area (Å²) >= 11 is 5.73. The summed E-state index contributed by atoms with van der Waals surface area (Å²) in [5.41, 5.74) is 0.477. The zero-order valence-corrected chi connectivity index (χ0v) is 11.4. The van der Waals surface area contributed by atoms with Crippen molar-refractivity contribution in [3.8, 4) is 0 Å². The third-order valence-corrected chi connectivity index (χ3v) is 3.11. The van der Waals surface area contributed by atoms with E-state index in [1.165, 1.54) is 6.92 Å². The van der Waals surface area contributed by atoms with Crippen LogP contribution in [0.15, 0.2) is 28.7 Å². The van der Waals surface area contributed by atoms with Crippen molar-refractivity contribution in [1.29, 1.82) is 0 Å². The molecular weight excluding hydrogens is 272 g/mol. The highest BCUT2D eigenvalue weighted by molar-refractivity contribution is 6.28. The van der Waals surface area contributed by atoms with Crippen molar-refractivity contribution in [2.45, 2.75) is 19.9 Å². The fourth-order valence-corrected chi connectivity index (χ4v) is 2.09. The number of furan rings is 1. The second-order valence-corrected chi connectivity index (χ2v) is 4.60. The molecule has 2 nitrogen and oxygen atoms in total. The van der Waals surface area contributed by atoms with Crippen LogP contribution in [0.3, 0.4) is 0 Å². The summed E-state index contributed by atoms with van der Waals surface area (Å²) < 4.78 is 33.0. The molecule has 2 aromatic rings. The zero-order chi connectivity index (χ0) is 14.0. The third kappa shape index (κ3) is 2.80. The second-order valence-electron chi connectivity index (χ2n) is 4.23. The molecule has 5 heteroatoms. The molecule has 2 rings (SSSR count). The van der Waals surface area contributed by atoms with E-state index in [2.05, 4.69) is 5.32 Å². The van der Waals surface area contributed by atoms with E-state index in [0.717, 1.165) is 0 Å². The largest absolute Gasteiger partial charge is 0.448 e. The van der Waals surface area contributed by atoms with Crippen molar-refractivity contribution in [3.05, 3.63) is 58.0 Å². The topological polar surface area (TPSA) is 25.2 Å². The Morgan fingerprint density at radius 3 is 2.53 bits per heavy atom. The van der Waals surface area contributed by atoms with Crippen LogP contribution in [0, 0.1) is 18.6 Å². The standard InChI is InChI=1S/C14H14ClF2NO/c1-3-18-14(10-6-7-11(15)19-10)9-5-4-8(2)12(16)13(9)17/h4-7,14,18H,3H2,1-2H3. The first kappa shape index (κ1) is 14.0. The molecule has 1 heterocycles. The molecule has 19 heavy (non-hydrogen) atoms. The minimum Gasteiger partial charge on any atom is -0.448 e. The van der Waals surface area contributed by atoms with Crippen LogP contribution in [-0.4, -0.2) is 6.54 Å². The molecule has 0 fully saturated rings. The predicted molar refractivity (Wildman–Crippen MR) is 70.3 cm³/mol. The molecular formula is C14H14ClF2NO. The van der Waals surface area contributed by atoms with Gasteiger partial charge in [-0.25, -0.2) is 8.78 Å². The van der Waals surface area contributed by atoms with Crippen molar-refractivity contribution in [2.24, 2.45) is 0 Å². The van der Waals surface area contributed by atoms with Gasteiger partial charge in [0.1, 0.15) is 5.76 Å². The Morgan fingerprint density at radius 2 is 1.95 bits per heavy atom. The number of benzene rings is 1. The maximum atomic E-state index is 14.0. The number of rotatable bonds is 4. The first-order chi connectivity index (χ1) is 9.04. The van der Waals surface area contributed by atoms with Crippen LogP contribution in [0.25, 0.3) is 0 Å². The molecule has 0 spiro atoms. The van der Waals surface area contributed by atoms with Gasteiger partial charge >= 0.3 is 0 Å². The van der Waals surface area contributed by atoms with Gasteiger partial charge in [0.15, 0.2) is 16.9 Å². The van der Waals surface area contributed by atoms with E-state index in [1.54, 1.807) is 24.3 Å². The minimum absolute atomic E-state index is 0.205. The van der Waals surface area contributed by atoms with Gasteiger partial charge < -0.3 is 9.73 Å². The summed E-state index contributed by atoms with van der Waals surface area (Å²) in [6.45, 7) is 3.98. The fraction of sp³-hybridized carbons (Fsp3) is 0.286. The Morgan fingerprint density at radius 1 is 1.21 bits per heavy atom. The van der Waals surface area contributed by atoms with Crippen LogP contribution in [-0.2, 0) is 0 Å². The number of aryl methyl sites for hydroxylation is 1. The normalized spacial score (nSPS) is 12.7.